The van der Waals surface area contributed by atoms with E-state index in [1.54, 1.807) is 0 Å². The molecule has 0 aliphatic carbocycles. The number of aliphatic imine (C=N–C) groups is 1. The molecule has 1 fully saturated rings. The fraction of sp³-hybridized carbons (Fsp3) is 0.533. The van der Waals surface area contributed by atoms with E-state index < -0.39 is 0 Å². The molecule has 1 aromatic carbocycles. The molecule has 7 heteroatoms. The quantitative estimate of drug-likeness (QED) is 0.400. The van der Waals surface area contributed by atoms with Gasteiger partial charge in [-0.25, -0.2) is 0 Å². The molecular weight excluding hydrogens is 461 g/mol. The first kappa shape index (κ1) is 17.7. The van der Waals surface area contributed by atoms with Crippen molar-refractivity contribution in [3.63, 3.8) is 0 Å². The fourth-order valence-corrected chi connectivity index (χ4v) is 3.31. The Morgan fingerprint density at radius 3 is 2.73 bits per heavy atom. The van der Waals surface area contributed by atoms with Crippen molar-refractivity contribution in [2.45, 2.75) is 19.4 Å². The van der Waals surface area contributed by atoms with Gasteiger partial charge in [-0.15, -0.1) is 24.0 Å². The largest absolute Gasteiger partial charge is 0.486 e. The lowest BCUT2D eigenvalue weighted by Gasteiger charge is -2.22. The Kier molecular flexibility index (Phi) is 6.61. The molecule has 122 valence electrons. The Bertz CT molecular complexity index is 548. The monoisotopic (exact) mass is 481 g/mol. The number of ether oxygens (including phenoxy) is 2. The predicted octanol–water partition coefficient (Wildman–Crippen LogP) is 3.01. The van der Waals surface area contributed by atoms with Crippen molar-refractivity contribution in [3.05, 3.63) is 22.2 Å². The summed E-state index contributed by atoms with van der Waals surface area (Å²) in [7, 11) is 1.83. The van der Waals surface area contributed by atoms with Crippen LogP contribution in [0.1, 0.15) is 18.4 Å². The Morgan fingerprint density at radius 2 is 2.00 bits per heavy atom. The number of benzene rings is 1. The standard InChI is InChI=1S/C15H20BrN3O2.HI/c1-17-15(19-4-2-3-5-19)18-10-11-8-12(16)14-13(9-11)20-6-7-21-14;/h8-9H,2-7,10H2,1H3,(H,17,18);1H. The summed E-state index contributed by atoms with van der Waals surface area (Å²) in [5.41, 5.74) is 1.14. The second-order valence-corrected chi connectivity index (χ2v) is 6.05. The lowest BCUT2D eigenvalue weighted by atomic mass is 10.2. The Balaban J connectivity index is 0.00000176. The highest BCUT2D eigenvalue weighted by Gasteiger charge is 2.18. The van der Waals surface area contributed by atoms with E-state index in [0.717, 1.165) is 47.1 Å². The maximum Gasteiger partial charge on any atom is 0.193 e. The Hall–Kier alpha value is -0.700. The number of hydrogen-bond donors (Lipinski definition) is 1. The van der Waals surface area contributed by atoms with Gasteiger partial charge in [0, 0.05) is 26.7 Å². The number of hydrogen-bond acceptors (Lipinski definition) is 3. The molecule has 1 N–H and O–H groups in total. The summed E-state index contributed by atoms with van der Waals surface area (Å²) in [5, 5.41) is 3.42. The van der Waals surface area contributed by atoms with Gasteiger partial charge < -0.3 is 19.7 Å². The van der Waals surface area contributed by atoms with E-state index in [9.17, 15) is 0 Å². The van der Waals surface area contributed by atoms with Crippen LogP contribution in [0, 0.1) is 0 Å². The number of likely N-dealkylation sites (tertiary alicyclic amines) is 1. The molecule has 2 heterocycles. The third-order valence-electron chi connectivity index (χ3n) is 3.72. The van der Waals surface area contributed by atoms with Crippen molar-refractivity contribution in [2.75, 3.05) is 33.4 Å². The third-order valence-corrected chi connectivity index (χ3v) is 4.31. The van der Waals surface area contributed by atoms with Crippen molar-refractivity contribution < 1.29 is 9.47 Å². The normalized spacial score (nSPS) is 17.2. The number of rotatable bonds is 2. The van der Waals surface area contributed by atoms with E-state index in [-0.39, 0.29) is 24.0 Å². The number of nitrogens with zero attached hydrogens (tertiary/aromatic N) is 2. The van der Waals surface area contributed by atoms with Gasteiger partial charge in [-0.1, -0.05) is 0 Å². The van der Waals surface area contributed by atoms with Crippen molar-refractivity contribution >= 4 is 45.9 Å². The molecule has 0 radical (unpaired) electrons. The average Bonchev–Trinajstić information content (AvgIpc) is 3.02. The van der Waals surface area contributed by atoms with E-state index in [1.807, 2.05) is 13.1 Å². The lowest BCUT2D eigenvalue weighted by molar-refractivity contribution is 0.170. The summed E-state index contributed by atoms with van der Waals surface area (Å²) in [6.45, 7) is 4.10. The summed E-state index contributed by atoms with van der Waals surface area (Å²) in [6.07, 6.45) is 2.49. The van der Waals surface area contributed by atoms with Gasteiger partial charge in [0.1, 0.15) is 13.2 Å². The predicted molar refractivity (Wildman–Crippen MR) is 102 cm³/mol. The summed E-state index contributed by atoms with van der Waals surface area (Å²) in [6, 6.07) is 4.10. The molecule has 1 aromatic rings. The smallest absolute Gasteiger partial charge is 0.193 e. The lowest BCUT2D eigenvalue weighted by Crippen LogP contribution is -2.39. The molecule has 0 atom stereocenters. The minimum Gasteiger partial charge on any atom is -0.486 e. The van der Waals surface area contributed by atoms with Gasteiger partial charge in [0.05, 0.1) is 4.47 Å². The molecule has 2 aliphatic rings. The molecule has 5 nitrogen and oxygen atoms in total. The van der Waals surface area contributed by atoms with Gasteiger partial charge in [0.15, 0.2) is 17.5 Å². The number of fused-ring (bicyclic) bond motifs is 1. The van der Waals surface area contributed by atoms with Crippen LogP contribution in [0.4, 0.5) is 0 Å². The number of halogens is 2. The summed E-state index contributed by atoms with van der Waals surface area (Å²) in [5.74, 6) is 2.58. The van der Waals surface area contributed by atoms with Crippen molar-refractivity contribution in [3.8, 4) is 11.5 Å². The molecule has 0 spiro atoms. The molecule has 0 aromatic heterocycles. The maximum atomic E-state index is 5.65. The van der Waals surface area contributed by atoms with Gasteiger partial charge in [0.2, 0.25) is 0 Å². The molecular formula is C15H21BrIN3O2. The minimum atomic E-state index is 0. The molecule has 0 amide bonds. The molecule has 0 unspecified atom stereocenters. The highest BCUT2D eigenvalue weighted by molar-refractivity contribution is 14.0. The zero-order valence-corrected chi connectivity index (χ0v) is 16.5. The molecule has 2 aliphatic heterocycles. The minimum absolute atomic E-state index is 0. The van der Waals surface area contributed by atoms with Crippen LogP contribution >= 0.6 is 39.9 Å². The first-order valence-electron chi connectivity index (χ1n) is 7.31. The van der Waals surface area contributed by atoms with E-state index in [4.69, 9.17) is 9.47 Å². The number of guanidine groups is 1. The van der Waals surface area contributed by atoms with Crippen LogP contribution in [0.3, 0.4) is 0 Å². The van der Waals surface area contributed by atoms with Crippen LogP contribution in [0.25, 0.3) is 0 Å². The Morgan fingerprint density at radius 1 is 1.27 bits per heavy atom. The zero-order valence-electron chi connectivity index (χ0n) is 12.6. The fourth-order valence-electron chi connectivity index (χ4n) is 2.71. The maximum absolute atomic E-state index is 5.65. The van der Waals surface area contributed by atoms with Gasteiger partial charge in [0.25, 0.3) is 0 Å². The summed E-state index contributed by atoms with van der Waals surface area (Å²) in [4.78, 5) is 6.66. The SMILES string of the molecule is CN=C(NCc1cc(Br)c2c(c1)OCCO2)N1CCCC1.I. The second-order valence-electron chi connectivity index (χ2n) is 5.20. The Labute approximate surface area is 156 Å². The van der Waals surface area contributed by atoms with Crippen LogP contribution in [0.15, 0.2) is 21.6 Å². The van der Waals surface area contributed by atoms with Crippen LogP contribution in [0.2, 0.25) is 0 Å². The topological polar surface area (TPSA) is 46.1 Å². The summed E-state index contributed by atoms with van der Waals surface area (Å²) >= 11 is 3.55. The first-order valence-corrected chi connectivity index (χ1v) is 8.11. The molecule has 3 rings (SSSR count). The highest BCUT2D eigenvalue weighted by Crippen LogP contribution is 2.38. The van der Waals surface area contributed by atoms with Crippen molar-refractivity contribution in [1.82, 2.24) is 10.2 Å². The molecule has 22 heavy (non-hydrogen) atoms. The van der Waals surface area contributed by atoms with E-state index in [1.165, 1.54) is 12.8 Å². The molecule has 0 saturated carbocycles. The highest BCUT2D eigenvalue weighted by atomic mass is 127. The zero-order chi connectivity index (χ0) is 14.7. The third kappa shape index (κ3) is 3.98. The van der Waals surface area contributed by atoms with Crippen molar-refractivity contribution in [2.24, 2.45) is 4.99 Å². The van der Waals surface area contributed by atoms with Crippen molar-refractivity contribution in [1.29, 1.82) is 0 Å². The first-order chi connectivity index (χ1) is 10.3. The van der Waals surface area contributed by atoms with E-state index in [2.05, 4.69) is 37.2 Å². The van der Waals surface area contributed by atoms with Crippen LogP contribution < -0.4 is 14.8 Å². The van der Waals surface area contributed by atoms with Crippen LogP contribution in [0.5, 0.6) is 11.5 Å². The van der Waals surface area contributed by atoms with E-state index >= 15 is 0 Å². The average molecular weight is 482 g/mol. The summed E-state index contributed by atoms with van der Waals surface area (Å²) < 4.78 is 12.2. The molecule has 1 saturated heterocycles. The van der Waals surface area contributed by atoms with Gasteiger partial charge in [-0.3, -0.25) is 4.99 Å². The van der Waals surface area contributed by atoms with Gasteiger partial charge >= 0.3 is 0 Å². The van der Waals surface area contributed by atoms with Gasteiger partial charge in [-0.05, 0) is 46.5 Å². The number of nitrogens with one attached hydrogen (secondary N) is 1. The van der Waals surface area contributed by atoms with Crippen LogP contribution in [-0.4, -0.2) is 44.2 Å². The van der Waals surface area contributed by atoms with Crippen LogP contribution in [-0.2, 0) is 6.54 Å². The molecule has 0 bridgehead atoms. The van der Waals surface area contributed by atoms with Gasteiger partial charge in [-0.2, -0.15) is 0 Å². The second kappa shape index (κ2) is 8.24. The van der Waals surface area contributed by atoms with E-state index in [0.29, 0.717) is 13.2 Å².